The smallest absolute Gasteiger partial charge is 0.343 e. The van der Waals surface area contributed by atoms with Crippen LogP contribution in [0.1, 0.15) is 48.2 Å². The maximum Gasteiger partial charge on any atom is 0.343 e. The van der Waals surface area contributed by atoms with Gasteiger partial charge in [0.05, 0.1) is 18.2 Å². The average molecular weight is 344 g/mol. The molecule has 1 N–H and O–H groups in total. The molecule has 25 heavy (non-hydrogen) atoms. The number of aliphatic hydroxyl groups is 1. The lowest BCUT2D eigenvalue weighted by Gasteiger charge is -2.29. The van der Waals surface area contributed by atoms with Crippen molar-refractivity contribution < 1.29 is 14.6 Å². The second-order valence-corrected chi connectivity index (χ2v) is 6.37. The van der Waals surface area contributed by atoms with Gasteiger partial charge in [-0.15, -0.1) is 0 Å². The highest BCUT2D eigenvalue weighted by molar-refractivity contribution is 5.90. The maximum atomic E-state index is 12.6. The number of nitrogens with zero attached hydrogens (tertiary/aromatic N) is 2. The van der Waals surface area contributed by atoms with Gasteiger partial charge in [-0.3, -0.25) is 9.20 Å². The van der Waals surface area contributed by atoms with E-state index >= 15 is 0 Å². The number of pyridine rings is 2. The molecule has 6 heteroatoms. The second-order valence-electron chi connectivity index (χ2n) is 6.37. The second kappa shape index (κ2) is 7.80. The molecule has 3 heterocycles. The van der Waals surface area contributed by atoms with Crippen molar-refractivity contribution in [3.05, 3.63) is 51.9 Å². The molecule has 0 radical (unpaired) electrons. The van der Waals surface area contributed by atoms with Crippen LogP contribution >= 0.6 is 0 Å². The third-order valence-electron chi connectivity index (χ3n) is 4.64. The summed E-state index contributed by atoms with van der Waals surface area (Å²) in [5, 5.41) is 10.8. The number of rotatable bonds is 5. The summed E-state index contributed by atoms with van der Waals surface area (Å²) < 4.78 is 6.40. The highest BCUT2D eigenvalue weighted by atomic mass is 16.5. The van der Waals surface area contributed by atoms with E-state index in [0.717, 1.165) is 25.9 Å². The fourth-order valence-corrected chi connectivity index (χ4v) is 3.38. The van der Waals surface area contributed by atoms with E-state index in [4.69, 9.17) is 4.74 Å². The Balaban J connectivity index is 2.01. The molecular formula is C19H24N2O4. The predicted molar refractivity (Wildman–Crippen MR) is 94.9 cm³/mol. The first-order valence-corrected chi connectivity index (χ1v) is 8.83. The molecule has 0 bridgehead atoms. The first-order chi connectivity index (χ1) is 12.1. The molecule has 3 rings (SSSR count). The van der Waals surface area contributed by atoms with E-state index in [-0.39, 0.29) is 12.2 Å². The van der Waals surface area contributed by atoms with Gasteiger partial charge in [-0.1, -0.05) is 12.5 Å². The van der Waals surface area contributed by atoms with E-state index in [1.54, 1.807) is 25.3 Å². The number of ether oxygens (including phenoxy) is 1. The van der Waals surface area contributed by atoms with Crippen molar-refractivity contribution in [1.29, 1.82) is 0 Å². The zero-order valence-electron chi connectivity index (χ0n) is 14.5. The Bertz CT molecular complexity index is 809. The number of aromatic nitrogens is 1. The number of esters is 1. The minimum absolute atomic E-state index is 0.0433. The molecule has 1 saturated heterocycles. The van der Waals surface area contributed by atoms with Gasteiger partial charge in [-0.05, 0) is 51.1 Å². The van der Waals surface area contributed by atoms with Crippen LogP contribution < -0.4 is 5.56 Å². The number of β-amino-alcohol motifs (C(OH)–C–C–N with tert-alkyl or cyclic N) is 1. The Kier molecular flexibility index (Phi) is 5.50. The van der Waals surface area contributed by atoms with Crippen LogP contribution in [0.3, 0.4) is 0 Å². The van der Waals surface area contributed by atoms with Gasteiger partial charge < -0.3 is 14.7 Å². The van der Waals surface area contributed by atoms with E-state index in [1.165, 1.54) is 16.9 Å². The molecule has 1 atom stereocenters. The Morgan fingerprint density at radius 1 is 1.28 bits per heavy atom. The monoisotopic (exact) mass is 344 g/mol. The number of carbonyl (C=O) groups excluding carboxylic acids is 1. The van der Waals surface area contributed by atoms with Crippen molar-refractivity contribution in [3.63, 3.8) is 0 Å². The molecule has 0 aliphatic carbocycles. The fraction of sp³-hybridized carbons (Fsp3) is 0.474. The lowest BCUT2D eigenvalue weighted by Crippen LogP contribution is -2.34. The number of aliphatic hydroxyl groups excluding tert-OH is 1. The van der Waals surface area contributed by atoms with Gasteiger partial charge in [0.15, 0.2) is 0 Å². The van der Waals surface area contributed by atoms with Gasteiger partial charge in [0.25, 0.3) is 5.56 Å². The molecular weight excluding hydrogens is 320 g/mol. The van der Waals surface area contributed by atoms with Crippen LogP contribution in [-0.4, -0.2) is 46.6 Å². The minimum atomic E-state index is -0.774. The molecule has 134 valence electrons. The molecule has 1 fully saturated rings. The lowest BCUT2D eigenvalue weighted by atomic mass is 10.0. The summed E-state index contributed by atoms with van der Waals surface area (Å²) in [6, 6.07) is 6.81. The summed E-state index contributed by atoms with van der Waals surface area (Å²) >= 11 is 0. The van der Waals surface area contributed by atoms with E-state index < -0.39 is 17.6 Å². The molecule has 2 aromatic rings. The summed E-state index contributed by atoms with van der Waals surface area (Å²) in [7, 11) is 0. The van der Waals surface area contributed by atoms with Crippen LogP contribution in [0.5, 0.6) is 0 Å². The van der Waals surface area contributed by atoms with E-state index in [0.29, 0.717) is 17.6 Å². The van der Waals surface area contributed by atoms with E-state index in [1.807, 2.05) is 6.07 Å². The lowest BCUT2D eigenvalue weighted by molar-refractivity contribution is 0.0523. The van der Waals surface area contributed by atoms with Crippen molar-refractivity contribution in [3.8, 4) is 0 Å². The van der Waals surface area contributed by atoms with Gasteiger partial charge in [-0.25, -0.2) is 4.79 Å². The van der Waals surface area contributed by atoms with Crippen molar-refractivity contribution >= 4 is 11.5 Å². The van der Waals surface area contributed by atoms with Crippen LogP contribution in [0, 0.1) is 0 Å². The van der Waals surface area contributed by atoms with Gasteiger partial charge >= 0.3 is 5.97 Å². The normalized spacial score (nSPS) is 16.7. The third-order valence-corrected chi connectivity index (χ3v) is 4.64. The number of fused-ring (bicyclic) bond motifs is 1. The van der Waals surface area contributed by atoms with Crippen LogP contribution in [0.4, 0.5) is 0 Å². The topological polar surface area (TPSA) is 71.2 Å². The first kappa shape index (κ1) is 17.6. The zero-order chi connectivity index (χ0) is 17.8. The maximum absolute atomic E-state index is 12.6. The van der Waals surface area contributed by atoms with Crippen molar-refractivity contribution in [2.45, 2.75) is 32.3 Å². The highest BCUT2D eigenvalue weighted by Gasteiger charge is 2.22. The summed E-state index contributed by atoms with van der Waals surface area (Å²) in [4.78, 5) is 27.0. The first-order valence-electron chi connectivity index (χ1n) is 8.83. The summed E-state index contributed by atoms with van der Waals surface area (Å²) in [5.74, 6) is -0.655. The van der Waals surface area contributed by atoms with Crippen molar-refractivity contribution in [1.82, 2.24) is 9.30 Å². The van der Waals surface area contributed by atoms with Crippen LogP contribution in [0.25, 0.3) is 5.52 Å². The third kappa shape index (κ3) is 3.75. The molecule has 0 amide bonds. The molecule has 0 aromatic carbocycles. The average Bonchev–Trinajstić information content (AvgIpc) is 2.63. The SMILES string of the molecule is CCOC(=O)c1cc(C(O)CN2CCCCC2)c2ccccn2c1=O. The fourth-order valence-electron chi connectivity index (χ4n) is 3.38. The van der Waals surface area contributed by atoms with Gasteiger partial charge in [0.2, 0.25) is 0 Å². The summed E-state index contributed by atoms with van der Waals surface area (Å²) in [6.07, 6.45) is 4.33. The standard InChI is InChI=1S/C19H24N2O4/c1-2-25-19(24)15-12-14(16-8-4-7-11-21(16)18(15)23)17(22)13-20-9-5-3-6-10-20/h4,7-8,11-12,17,22H,2-3,5-6,9-10,13H2,1H3. The number of hydrogen-bond acceptors (Lipinski definition) is 5. The Morgan fingerprint density at radius 3 is 2.76 bits per heavy atom. The van der Waals surface area contributed by atoms with Gasteiger partial charge in [0.1, 0.15) is 5.56 Å². The van der Waals surface area contributed by atoms with Crippen molar-refractivity contribution in [2.75, 3.05) is 26.2 Å². The number of carbonyl (C=O) groups is 1. The molecule has 6 nitrogen and oxygen atoms in total. The quantitative estimate of drug-likeness (QED) is 0.840. The van der Waals surface area contributed by atoms with Crippen LogP contribution in [-0.2, 0) is 4.74 Å². The molecule has 0 spiro atoms. The molecule has 1 aliphatic rings. The highest BCUT2D eigenvalue weighted by Crippen LogP contribution is 2.22. The summed E-state index contributed by atoms with van der Waals surface area (Å²) in [6.45, 7) is 4.31. The molecule has 2 aromatic heterocycles. The van der Waals surface area contributed by atoms with E-state index in [9.17, 15) is 14.7 Å². The number of hydrogen-bond donors (Lipinski definition) is 1. The minimum Gasteiger partial charge on any atom is -0.462 e. The van der Waals surface area contributed by atoms with Crippen LogP contribution in [0.15, 0.2) is 35.3 Å². The number of piperidine rings is 1. The predicted octanol–water partition coefficient (Wildman–Crippen LogP) is 2.00. The van der Waals surface area contributed by atoms with Crippen molar-refractivity contribution in [2.24, 2.45) is 0 Å². The molecule has 0 saturated carbocycles. The zero-order valence-corrected chi connectivity index (χ0v) is 14.5. The Morgan fingerprint density at radius 2 is 2.04 bits per heavy atom. The van der Waals surface area contributed by atoms with Gasteiger partial charge in [-0.2, -0.15) is 0 Å². The molecule has 1 aliphatic heterocycles. The summed E-state index contributed by atoms with van der Waals surface area (Å²) in [5.41, 5.74) is 0.722. The molecule has 1 unspecified atom stereocenters. The number of likely N-dealkylation sites (tertiary alicyclic amines) is 1. The van der Waals surface area contributed by atoms with E-state index in [2.05, 4.69) is 4.90 Å². The van der Waals surface area contributed by atoms with Crippen LogP contribution in [0.2, 0.25) is 0 Å². The Labute approximate surface area is 146 Å². The Hall–Kier alpha value is -2.18. The largest absolute Gasteiger partial charge is 0.462 e. The van der Waals surface area contributed by atoms with Gasteiger partial charge in [0, 0.05) is 18.3 Å².